The normalized spacial score (nSPS) is 12.5. The Bertz CT molecular complexity index is 452. The Morgan fingerprint density at radius 3 is 2.13 bits per heavy atom. The molecule has 0 saturated carbocycles. The molecule has 0 fully saturated rings. The van der Waals surface area contributed by atoms with Crippen molar-refractivity contribution >= 4 is 9.84 Å². The highest BCUT2D eigenvalue weighted by atomic mass is 32.2. The fourth-order valence-corrected chi connectivity index (χ4v) is 2.53. The monoisotopic (exact) mass is 226 g/mol. The molecule has 15 heavy (non-hydrogen) atoms. The van der Waals surface area contributed by atoms with Crippen LogP contribution in [0.25, 0.3) is 0 Å². The Morgan fingerprint density at radius 1 is 1.27 bits per heavy atom. The van der Waals surface area contributed by atoms with E-state index in [1.165, 1.54) is 26.0 Å². The molecule has 1 rings (SSSR count). The Balaban J connectivity index is 3.22. The van der Waals surface area contributed by atoms with E-state index in [0.29, 0.717) is 0 Å². The van der Waals surface area contributed by atoms with E-state index in [2.05, 4.69) is 6.58 Å². The number of aliphatic hydroxyl groups is 1. The van der Waals surface area contributed by atoms with Crippen LogP contribution in [0.2, 0.25) is 0 Å². The van der Waals surface area contributed by atoms with Crippen molar-refractivity contribution in [1.29, 1.82) is 0 Å². The van der Waals surface area contributed by atoms with Gasteiger partial charge in [0, 0.05) is 0 Å². The summed E-state index contributed by atoms with van der Waals surface area (Å²) in [5, 5.41) is 9.60. The molecule has 0 saturated heterocycles. The minimum Gasteiger partial charge on any atom is -0.385 e. The first kappa shape index (κ1) is 11.9. The summed E-state index contributed by atoms with van der Waals surface area (Å²) in [4.78, 5) is -0.0432. The van der Waals surface area contributed by atoms with Gasteiger partial charge in [-0.2, -0.15) is 0 Å². The van der Waals surface area contributed by atoms with Gasteiger partial charge in [-0.25, -0.2) is 8.42 Å². The molecule has 0 aliphatic heterocycles. The molecule has 0 heterocycles. The predicted molar refractivity (Wildman–Crippen MR) is 59.1 cm³/mol. The lowest BCUT2D eigenvalue weighted by molar-refractivity contribution is 0.128. The summed E-state index contributed by atoms with van der Waals surface area (Å²) in [6, 6.07) is 7.94. The molecule has 0 amide bonds. The molecule has 4 heteroatoms. The molecular weight excluding hydrogens is 212 g/mol. The van der Waals surface area contributed by atoms with Crippen LogP contribution in [0.5, 0.6) is 0 Å². The summed E-state index contributed by atoms with van der Waals surface area (Å²) in [6.45, 7) is 6.23. The molecule has 0 aliphatic carbocycles. The summed E-state index contributed by atoms with van der Waals surface area (Å²) in [7, 11) is -3.64. The second-order valence-corrected chi connectivity index (χ2v) is 5.77. The Hall–Kier alpha value is -1.13. The van der Waals surface area contributed by atoms with E-state index >= 15 is 0 Å². The van der Waals surface area contributed by atoms with Gasteiger partial charge in [-0.3, -0.25) is 0 Å². The van der Waals surface area contributed by atoms with Crippen molar-refractivity contribution in [3.63, 3.8) is 0 Å². The molecule has 0 atom stereocenters. The Kier molecular flexibility index (Phi) is 3.02. The third-order valence-electron chi connectivity index (χ3n) is 2.06. The summed E-state index contributed by atoms with van der Waals surface area (Å²) < 4.78 is 23.8. The van der Waals surface area contributed by atoms with E-state index in [1.807, 2.05) is 0 Å². The van der Waals surface area contributed by atoms with Crippen LogP contribution in [0.15, 0.2) is 46.7 Å². The van der Waals surface area contributed by atoms with Gasteiger partial charge < -0.3 is 5.11 Å². The van der Waals surface area contributed by atoms with Crippen molar-refractivity contribution in [2.75, 3.05) is 0 Å². The average molecular weight is 226 g/mol. The van der Waals surface area contributed by atoms with Gasteiger partial charge in [0.15, 0.2) is 0 Å². The van der Waals surface area contributed by atoms with E-state index in [4.69, 9.17) is 0 Å². The highest BCUT2D eigenvalue weighted by Crippen LogP contribution is 2.25. The SMILES string of the molecule is C=C(C(C)(C)O)S(=O)(=O)c1ccccc1. The predicted octanol–water partition coefficient (Wildman–Crippen LogP) is 1.74. The maximum atomic E-state index is 11.9. The van der Waals surface area contributed by atoms with Crippen LogP contribution in [0.3, 0.4) is 0 Å². The Morgan fingerprint density at radius 2 is 1.73 bits per heavy atom. The minimum atomic E-state index is -3.64. The van der Waals surface area contributed by atoms with Gasteiger partial charge in [-0.05, 0) is 26.0 Å². The summed E-state index contributed by atoms with van der Waals surface area (Å²) in [6.07, 6.45) is 0. The van der Waals surface area contributed by atoms with Gasteiger partial charge in [-0.1, -0.05) is 24.8 Å². The lowest BCUT2D eigenvalue weighted by atomic mass is 10.1. The van der Waals surface area contributed by atoms with E-state index in [-0.39, 0.29) is 9.80 Å². The third kappa shape index (κ3) is 2.46. The van der Waals surface area contributed by atoms with Gasteiger partial charge in [0.05, 0.1) is 15.4 Å². The van der Waals surface area contributed by atoms with Gasteiger partial charge in [0.1, 0.15) is 0 Å². The van der Waals surface area contributed by atoms with Crippen molar-refractivity contribution in [3.05, 3.63) is 41.8 Å². The summed E-state index contributed by atoms with van der Waals surface area (Å²) in [5.74, 6) is 0. The quantitative estimate of drug-likeness (QED) is 0.854. The molecule has 1 aromatic rings. The zero-order valence-corrected chi connectivity index (χ0v) is 9.58. The van der Waals surface area contributed by atoms with Gasteiger partial charge in [-0.15, -0.1) is 0 Å². The topological polar surface area (TPSA) is 54.4 Å². The van der Waals surface area contributed by atoms with Crippen molar-refractivity contribution in [2.24, 2.45) is 0 Å². The third-order valence-corrected chi connectivity index (χ3v) is 4.10. The van der Waals surface area contributed by atoms with E-state index in [9.17, 15) is 13.5 Å². The largest absolute Gasteiger partial charge is 0.385 e. The summed E-state index contributed by atoms with van der Waals surface area (Å²) in [5.41, 5.74) is -1.44. The first-order valence-electron chi connectivity index (χ1n) is 4.48. The number of sulfone groups is 1. The number of hydrogen-bond acceptors (Lipinski definition) is 3. The first-order valence-corrected chi connectivity index (χ1v) is 5.96. The molecule has 0 bridgehead atoms. The molecule has 82 valence electrons. The van der Waals surface area contributed by atoms with E-state index in [0.717, 1.165) is 0 Å². The first-order chi connectivity index (χ1) is 6.76. The molecule has 1 N–H and O–H groups in total. The summed E-state index contributed by atoms with van der Waals surface area (Å²) >= 11 is 0. The lowest BCUT2D eigenvalue weighted by Crippen LogP contribution is -2.26. The van der Waals surface area contributed by atoms with Crippen LogP contribution in [-0.2, 0) is 9.84 Å². The van der Waals surface area contributed by atoms with Crippen molar-refractivity contribution < 1.29 is 13.5 Å². The van der Waals surface area contributed by atoms with Crippen LogP contribution in [0.4, 0.5) is 0 Å². The average Bonchev–Trinajstić information content (AvgIpc) is 2.16. The number of benzene rings is 1. The highest BCUT2D eigenvalue weighted by Gasteiger charge is 2.30. The van der Waals surface area contributed by atoms with Crippen molar-refractivity contribution in [3.8, 4) is 0 Å². The van der Waals surface area contributed by atoms with E-state index < -0.39 is 15.4 Å². The highest BCUT2D eigenvalue weighted by molar-refractivity contribution is 7.95. The second-order valence-electron chi connectivity index (χ2n) is 3.80. The number of rotatable bonds is 3. The zero-order chi connectivity index (χ0) is 11.7. The standard InChI is InChI=1S/C11H14O3S/c1-9(11(2,3)12)15(13,14)10-7-5-4-6-8-10/h4-8,12H,1H2,2-3H3. The van der Waals surface area contributed by atoms with Crippen LogP contribution in [-0.4, -0.2) is 19.1 Å². The fourth-order valence-electron chi connectivity index (χ4n) is 1.07. The van der Waals surface area contributed by atoms with Gasteiger partial charge in [0.2, 0.25) is 9.84 Å². The lowest BCUT2D eigenvalue weighted by Gasteiger charge is -2.20. The van der Waals surface area contributed by atoms with Gasteiger partial charge >= 0.3 is 0 Å². The molecule has 3 nitrogen and oxygen atoms in total. The van der Waals surface area contributed by atoms with Crippen molar-refractivity contribution in [1.82, 2.24) is 0 Å². The molecule has 1 aromatic carbocycles. The fraction of sp³-hybridized carbons (Fsp3) is 0.273. The molecule has 0 spiro atoms. The Labute approximate surface area is 90.0 Å². The molecule has 0 aliphatic rings. The van der Waals surface area contributed by atoms with Crippen LogP contribution in [0, 0.1) is 0 Å². The second kappa shape index (κ2) is 3.79. The minimum absolute atomic E-state index is 0.150. The molecular formula is C11H14O3S. The van der Waals surface area contributed by atoms with Crippen molar-refractivity contribution in [2.45, 2.75) is 24.3 Å². The number of hydrogen-bond donors (Lipinski definition) is 1. The van der Waals surface area contributed by atoms with Crippen LogP contribution >= 0.6 is 0 Å². The van der Waals surface area contributed by atoms with Crippen LogP contribution < -0.4 is 0 Å². The molecule has 0 radical (unpaired) electrons. The zero-order valence-electron chi connectivity index (χ0n) is 8.77. The molecule has 0 aromatic heterocycles. The van der Waals surface area contributed by atoms with Crippen LogP contribution in [0.1, 0.15) is 13.8 Å². The smallest absolute Gasteiger partial charge is 0.205 e. The van der Waals surface area contributed by atoms with E-state index in [1.54, 1.807) is 18.2 Å². The maximum absolute atomic E-state index is 11.9. The van der Waals surface area contributed by atoms with Gasteiger partial charge in [0.25, 0.3) is 0 Å². The maximum Gasteiger partial charge on any atom is 0.205 e. The molecule has 0 unspecified atom stereocenters.